The Labute approximate surface area is 81.9 Å². The van der Waals surface area contributed by atoms with Crippen LogP contribution in [0.4, 0.5) is 0 Å². The fourth-order valence-electron chi connectivity index (χ4n) is 2.17. The Hall–Kier alpha value is -1.32. The summed E-state index contributed by atoms with van der Waals surface area (Å²) in [6.45, 7) is 0. The molecule has 2 aliphatic rings. The highest BCUT2D eigenvalue weighted by Gasteiger charge is 2.55. The fraction of sp³-hybridized carbons (Fsp3) is 0.600. The van der Waals surface area contributed by atoms with Gasteiger partial charge in [-0.3, -0.25) is 9.59 Å². The van der Waals surface area contributed by atoms with Gasteiger partial charge in [-0.25, -0.2) is 0 Å². The minimum absolute atomic E-state index is 0.147. The molecule has 0 N–H and O–H groups in total. The van der Waals surface area contributed by atoms with Gasteiger partial charge in [0.15, 0.2) is 0 Å². The first-order chi connectivity index (χ1) is 6.69. The zero-order valence-corrected chi connectivity index (χ0v) is 7.99. The molecule has 1 aliphatic heterocycles. The van der Waals surface area contributed by atoms with Crippen LogP contribution in [0.15, 0.2) is 12.2 Å². The third-order valence-corrected chi connectivity index (χ3v) is 2.94. The average molecular weight is 196 g/mol. The molecule has 1 unspecified atom stereocenters. The molecule has 0 radical (unpaired) electrons. The summed E-state index contributed by atoms with van der Waals surface area (Å²) in [4.78, 5) is 22.8. The SMILES string of the molecule is COC(=O)[C@]12CC=CCC1OC(=O)C2. The van der Waals surface area contributed by atoms with Gasteiger partial charge in [-0.15, -0.1) is 0 Å². The van der Waals surface area contributed by atoms with E-state index in [9.17, 15) is 9.59 Å². The smallest absolute Gasteiger partial charge is 0.316 e. The van der Waals surface area contributed by atoms with Gasteiger partial charge in [0, 0.05) is 6.42 Å². The summed E-state index contributed by atoms with van der Waals surface area (Å²) in [5.74, 6) is -0.637. The van der Waals surface area contributed by atoms with Crippen LogP contribution in [-0.2, 0) is 19.1 Å². The molecule has 4 heteroatoms. The van der Waals surface area contributed by atoms with Crippen molar-refractivity contribution in [2.24, 2.45) is 5.41 Å². The molecule has 1 fully saturated rings. The fourth-order valence-corrected chi connectivity index (χ4v) is 2.17. The van der Waals surface area contributed by atoms with E-state index in [1.54, 1.807) is 0 Å². The summed E-state index contributed by atoms with van der Waals surface area (Å²) in [5, 5.41) is 0. The number of carbonyl (C=O) groups is 2. The van der Waals surface area contributed by atoms with Crippen molar-refractivity contribution in [1.29, 1.82) is 0 Å². The topological polar surface area (TPSA) is 52.6 Å². The predicted molar refractivity (Wildman–Crippen MR) is 47.3 cm³/mol. The lowest BCUT2D eigenvalue weighted by Gasteiger charge is -2.30. The molecule has 0 saturated carbocycles. The van der Waals surface area contributed by atoms with Crippen molar-refractivity contribution in [2.45, 2.75) is 25.4 Å². The number of methoxy groups -OCH3 is 1. The van der Waals surface area contributed by atoms with E-state index in [0.717, 1.165) is 0 Å². The third-order valence-electron chi connectivity index (χ3n) is 2.94. The number of hydrogen-bond acceptors (Lipinski definition) is 4. The molecule has 0 amide bonds. The number of carbonyl (C=O) groups excluding carboxylic acids is 2. The van der Waals surface area contributed by atoms with Crippen molar-refractivity contribution in [3.05, 3.63) is 12.2 Å². The van der Waals surface area contributed by atoms with Crippen LogP contribution in [0.5, 0.6) is 0 Å². The van der Waals surface area contributed by atoms with Crippen LogP contribution in [0.25, 0.3) is 0 Å². The standard InChI is InChI=1S/C10H12O4/c1-13-9(12)10-5-3-2-4-7(10)14-8(11)6-10/h2-3,7H,4-6H2,1H3/t7?,10-/m0/s1. The Kier molecular flexibility index (Phi) is 2.06. The van der Waals surface area contributed by atoms with Crippen molar-refractivity contribution in [2.75, 3.05) is 7.11 Å². The lowest BCUT2D eigenvalue weighted by atomic mass is 9.74. The number of ether oxygens (including phenoxy) is 2. The van der Waals surface area contributed by atoms with E-state index in [4.69, 9.17) is 9.47 Å². The Balaban J connectivity index is 2.32. The van der Waals surface area contributed by atoms with E-state index < -0.39 is 5.41 Å². The lowest BCUT2D eigenvalue weighted by molar-refractivity contribution is -0.156. The Morgan fingerprint density at radius 3 is 3.14 bits per heavy atom. The van der Waals surface area contributed by atoms with Gasteiger partial charge < -0.3 is 9.47 Å². The highest BCUT2D eigenvalue weighted by molar-refractivity contribution is 5.87. The molecule has 0 bridgehead atoms. The summed E-state index contributed by atoms with van der Waals surface area (Å²) in [6.07, 6.45) is 4.82. The molecule has 1 aliphatic carbocycles. The van der Waals surface area contributed by atoms with Crippen LogP contribution in [0.2, 0.25) is 0 Å². The minimum atomic E-state index is -0.749. The number of hydrogen-bond donors (Lipinski definition) is 0. The molecule has 76 valence electrons. The highest BCUT2D eigenvalue weighted by atomic mass is 16.6. The van der Waals surface area contributed by atoms with Gasteiger partial charge in [-0.05, 0) is 6.42 Å². The van der Waals surface area contributed by atoms with E-state index in [1.807, 2.05) is 12.2 Å². The van der Waals surface area contributed by atoms with E-state index in [1.165, 1.54) is 7.11 Å². The third kappa shape index (κ3) is 1.14. The first kappa shape index (κ1) is 9.24. The minimum Gasteiger partial charge on any atom is -0.468 e. The Bertz CT molecular complexity index is 307. The summed E-state index contributed by atoms with van der Waals surface area (Å²) < 4.78 is 9.84. The summed E-state index contributed by atoms with van der Waals surface area (Å²) in [7, 11) is 1.34. The van der Waals surface area contributed by atoms with Crippen molar-refractivity contribution in [3.8, 4) is 0 Å². The molecular weight excluding hydrogens is 184 g/mol. The summed E-state index contributed by atoms with van der Waals surface area (Å²) in [5.41, 5.74) is -0.749. The molecule has 0 spiro atoms. The molecule has 2 atom stereocenters. The van der Waals surface area contributed by atoms with Gasteiger partial charge >= 0.3 is 11.9 Å². The molecule has 14 heavy (non-hydrogen) atoms. The highest BCUT2D eigenvalue weighted by Crippen LogP contribution is 2.44. The van der Waals surface area contributed by atoms with Crippen LogP contribution >= 0.6 is 0 Å². The maximum atomic E-state index is 11.6. The van der Waals surface area contributed by atoms with Crippen LogP contribution in [0, 0.1) is 5.41 Å². The largest absolute Gasteiger partial charge is 0.468 e. The monoisotopic (exact) mass is 196 g/mol. The van der Waals surface area contributed by atoms with Gasteiger partial charge in [0.1, 0.15) is 11.5 Å². The van der Waals surface area contributed by atoms with E-state index in [2.05, 4.69) is 0 Å². The number of allylic oxidation sites excluding steroid dienone is 1. The number of rotatable bonds is 1. The Morgan fingerprint density at radius 2 is 2.43 bits per heavy atom. The first-order valence-electron chi connectivity index (χ1n) is 4.62. The molecule has 1 saturated heterocycles. The van der Waals surface area contributed by atoms with Crippen molar-refractivity contribution < 1.29 is 19.1 Å². The van der Waals surface area contributed by atoms with Crippen LogP contribution in [0.3, 0.4) is 0 Å². The molecule has 4 nitrogen and oxygen atoms in total. The zero-order valence-electron chi connectivity index (χ0n) is 7.99. The van der Waals surface area contributed by atoms with Gasteiger partial charge in [-0.1, -0.05) is 12.2 Å². The second-order valence-corrected chi connectivity index (χ2v) is 3.71. The van der Waals surface area contributed by atoms with Gasteiger partial charge in [0.05, 0.1) is 13.5 Å². The second-order valence-electron chi connectivity index (χ2n) is 3.71. The predicted octanol–water partition coefficient (Wildman–Crippen LogP) is 0.811. The average Bonchev–Trinajstić information content (AvgIpc) is 2.53. The summed E-state index contributed by atoms with van der Waals surface area (Å²) >= 11 is 0. The van der Waals surface area contributed by atoms with E-state index in [-0.39, 0.29) is 24.5 Å². The van der Waals surface area contributed by atoms with Crippen molar-refractivity contribution >= 4 is 11.9 Å². The first-order valence-corrected chi connectivity index (χ1v) is 4.62. The van der Waals surface area contributed by atoms with Gasteiger partial charge in [0.25, 0.3) is 0 Å². The lowest BCUT2D eigenvalue weighted by Crippen LogP contribution is -2.40. The van der Waals surface area contributed by atoms with E-state index in [0.29, 0.717) is 12.8 Å². The van der Waals surface area contributed by atoms with Gasteiger partial charge in [0.2, 0.25) is 0 Å². The van der Waals surface area contributed by atoms with Crippen molar-refractivity contribution in [3.63, 3.8) is 0 Å². The van der Waals surface area contributed by atoms with Crippen LogP contribution < -0.4 is 0 Å². The molecule has 0 aromatic carbocycles. The maximum absolute atomic E-state index is 11.6. The van der Waals surface area contributed by atoms with Crippen LogP contribution in [0.1, 0.15) is 19.3 Å². The van der Waals surface area contributed by atoms with Crippen LogP contribution in [-0.4, -0.2) is 25.2 Å². The molecular formula is C10H12O4. The van der Waals surface area contributed by atoms with Crippen molar-refractivity contribution in [1.82, 2.24) is 0 Å². The molecule has 1 heterocycles. The molecule has 0 aromatic rings. The van der Waals surface area contributed by atoms with Gasteiger partial charge in [-0.2, -0.15) is 0 Å². The number of esters is 2. The normalized spacial score (nSPS) is 34.9. The molecule has 0 aromatic heterocycles. The Morgan fingerprint density at radius 1 is 1.64 bits per heavy atom. The quantitative estimate of drug-likeness (QED) is 0.460. The second kappa shape index (κ2) is 3.12. The zero-order chi connectivity index (χ0) is 10.2. The number of fused-ring (bicyclic) bond motifs is 1. The summed E-state index contributed by atoms with van der Waals surface area (Å²) in [6, 6.07) is 0. The van der Waals surface area contributed by atoms with E-state index >= 15 is 0 Å². The molecule has 2 rings (SSSR count). The maximum Gasteiger partial charge on any atom is 0.316 e.